The van der Waals surface area contributed by atoms with Crippen molar-refractivity contribution in [1.29, 1.82) is 0 Å². The number of aromatic nitrogens is 2. The summed E-state index contributed by atoms with van der Waals surface area (Å²) in [5.74, 6) is 0.137. The van der Waals surface area contributed by atoms with Gasteiger partial charge in [-0.3, -0.25) is 10.1 Å². The summed E-state index contributed by atoms with van der Waals surface area (Å²) in [6.45, 7) is 7.58. The molecule has 0 saturated heterocycles. The van der Waals surface area contributed by atoms with E-state index in [9.17, 15) is 9.59 Å². The molecule has 1 aliphatic carbocycles. The second kappa shape index (κ2) is 6.05. The summed E-state index contributed by atoms with van der Waals surface area (Å²) in [6.07, 6.45) is 1.95. The van der Waals surface area contributed by atoms with Gasteiger partial charge >= 0.3 is 6.03 Å². The first-order valence-corrected chi connectivity index (χ1v) is 7.75. The van der Waals surface area contributed by atoms with Crippen molar-refractivity contribution < 1.29 is 14.0 Å². The fourth-order valence-corrected chi connectivity index (χ4v) is 2.11. The Morgan fingerprint density at radius 1 is 1.33 bits per heavy atom. The highest BCUT2D eigenvalue weighted by Crippen LogP contribution is 2.27. The third kappa shape index (κ3) is 4.73. The van der Waals surface area contributed by atoms with Crippen molar-refractivity contribution in [2.45, 2.75) is 62.5 Å². The van der Waals surface area contributed by atoms with E-state index in [4.69, 9.17) is 4.42 Å². The minimum absolute atomic E-state index is 0.214. The third-order valence-electron chi connectivity index (χ3n) is 2.84. The SMILES string of the molecule is C[C@H](Sc1nnc(C(C)(C)C)o1)C(=O)NC(=O)NC1CC1. The van der Waals surface area contributed by atoms with Gasteiger partial charge in [0, 0.05) is 11.5 Å². The summed E-state index contributed by atoms with van der Waals surface area (Å²) in [5.41, 5.74) is -0.235. The molecule has 3 amide bonds. The molecule has 21 heavy (non-hydrogen) atoms. The Bertz CT molecular complexity index is 534. The van der Waals surface area contributed by atoms with Crippen molar-refractivity contribution in [3.8, 4) is 0 Å². The Hall–Kier alpha value is -1.57. The summed E-state index contributed by atoms with van der Waals surface area (Å²) in [5, 5.41) is 12.7. The average molecular weight is 312 g/mol. The van der Waals surface area contributed by atoms with Crippen LogP contribution < -0.4 is 10.6 Å². The minimum Gasteiger partial charge on any atom is -0.415 e. The van der Waals surface area contributed by atoms with Crippen LogP contribution in [0.3, 0.4) is 0 Å². The molecular weight excluding hydrogens is 292 g/mol. The maximum Gasteiger partial charge on any atom is 0.321 e. The van der Waals surface area contributed by atoms with Gasteiger partial charge in [-0.1, -0.05) is 32.5 Å². The molecule has 0 spiro atoms. The number of rotatable bonds is 4. The average Bonchev–Trinajstić information content (AvgIpc) is 3.03. The normalized spacial score (nSPS) is 16.4. The molecular formula is C13H20N4O3S. The van der Waals surface area contributed by atoms with Gasteiger partial charge in [0.1, 0.15) is 0 Å². The van der Waals surface area contributed by atoms with Crippen LogP contribution in [0.1, 0.15) is 46.4 Å². The van der Waals surface area contributed by atoms with E-state index < -0.39 is 11.3 Å². The van der Waals surface area contributed by atoms with Crippen molar-refractivity contribution in [3.05, 3.63) is 5.89 Å². The molecule has 1 fully saturated rings. The van der Waals surface area contributed by atoms with Crippen molar-refractivity contribution in [1.82, 2.24) is 20.8 Å². The number of carbonyl (C=O) groups is 2. The molecule has 0 aromatic carbocycles. The number of hydrogen-bond acceptors (Lipinski definition) is 6. The molecule has 1 atom stereocenters. The van der Waals surface area contributed by atoms with E-state index >= 15 is 0 Å². The standard InChI is InChI=1S/C13H20N4O3S/c1-7(9(18)15-11(19)14-8-5-6-8)21-12-17-16-10(20-12)13(2,3)4/h7-8H,5-6H2,1-4H3,(H2,14,15,18,19)/t7-/m0/s1. The monoisotopic (exact) mass is 312 g/mol. The zero-order valence-corrected chi connectivity index (χ0v) is 13.4. The van der Waals surface area contributed by atoms with Crippen molar-refractivity contribution in [2.24, 2.45) is 0 Å². The smallest absolute Gasteiger partial charge is 0.321 e. The number of thioether (sulfide) groups is 1. The number of nitrogens with one attached hydrogen (secondary N) is 2. The Morgan fingerprint density at radius 3 is 2.52 bits per heavy atom. The summed E-state index contributed by atoms with van der Waals surface area (Å²) in [7, 11) is 0. The van der Waals surface area contributed by atoms with Gasteiger partial charge in [-0.25, -0.2) is 4.79 Å². The van der Waals surface area contributed by atoms with E-state index in [0.29, 0.717) is 11.1 Å². The molecule has 0 unspecified atom stereocenters. The van der Waals surface area contributed by atoms with Gasteiger partial charge in [0.05, 0.1) is 5.25 Å². The molecule has 1 saturated carbocycles. The van der Waals surface area contributed by atoms with Crippen LogP contribution in [0.15, 0.2) is 9.64 Å². The van der Waals surface area contributed by atoms with Gasteiger partial charge in [-0.15, -0.1) is 10.2 Å². The number of amides is 3. The summed E-state index contributed by atoms with van der Waals surface area (Å²) in [4.78, 5) is 23.4. The fourth-order valence-electron chi connectivity index (χ4n) is 1.43. The van der Waals surface area contributed by atoms with Gasteiger partial charge < -0.3 is 9.73 Å². The first kappa shape index (κ1) is 15.8. The predicted molar refractivity (Wildman–Crippen MR) is 78.0 cm³/mol. The second-order valence-electron chi connectivity index (χ2n) is 6.12. The molecule has 0 aliphatic heterocycles. The molecule has 8 heteroatoms. The van der Waals surface area contributed by atoms with E-state index in [0.717, 1.165) is 24.6 Å². The topological polar surface area (TPSA) is 97.1 Å². The molecule has 1 aromatic rings. The van der Waals surface area contributed by atoms with Crippen LogP contribution in [0, 0.1) is 0 Å². The summed E-state index contributed by atoms with van der Waals surface area (Å²) < 4.78 is 5.51. The summed E-state index contributed by atoms with van der Waals surface area (Å²) >= 11 is 1.13. The Balaban J connectivity index is 1.85. The molecule has 0 bridgehead atoms. The van der Waals surface area contributed by atoms with Crippen LogP contribution >= 0.6 is 11.8 Å². The van der Waals surface area contributed by atoms with Crippen molar-refractivity contribution in [3.63, 3.8) is 0 Å². The van der Waals surface area contributed by atoms with Crippen LogP contribution in [0.2, 0.25) is 0 Å². The molecule has 7 nitrogen and oxygen atoms in total. The quantitative estimate of drug-likeness (QED) is 0.823. The number of carbonyl (C=O) groups excluding carboxylic acids is 2. The Kier molecular flexibility index (Phi) is 4.55. The molecule has 1 heterocycles. The number of nitrogens with zero attached hydrogens (tertiary/aromatic N) is 2. The van der Waals surface area contributed by atoms with Crippen molar-refractivity contribution >= 4 is 23.7 Å². The first-order chi connectivity index (χ1) is 9.75. The molecule has 1 aliphatic rings. The lowest BCUT2D eigenvalue weighted by atomic mass is 9.97. The van der Waals surface area contributed by atoms with E-state index in [2.05, 4.69) is 20.8 Å². The number of imide groups is 1. The van der Waals surface area contributed by atoms with E-state index in [1.807, 2.05) is 20.8 Å². The first-order valence-electron chi connectivity index (χ1n) is 6.87. The lowest BCUT2D eigenvalue weighted by Crippen LogP contribution is -2.43. The highest BCUT2D eigenvalue weighted by atomic mass is 32.2. The van der Waals surface area contributed by atoms with Crippen LogP contribution in [0.5, 0.6) is 0 Å². The highest BCUT2D eigenvalue weighted by molar-refractivity contribution is 8.00. The molecule has 1 aromatic heterocycles. The van der Waals surface area contributed by atoms with E-state index in [-0.39, 0.29) is 17.4 Å². The minimum atomic E-state index is -0.497. The van der Waals surface area contributed by atoms with Crippen LogP contribution in [-0.2, 0) is 10.2 Å². The third-order valence-corrected chi connectivity index (χ3v) is 3.78. The van der Waals surface area contributed by atoms with Gasteiger partial charge in [-0.05, 0) is 19.8 Å². The summed E-state index contributed by atoms with van der Waals surface area (Å²) in [6, 6.07) is -0.234. The van der Waals surface area contributed by atoms with Crippen LogP contribution in [-0.4, -0.2) is 33.4 Å². The molecule has 116 valence electrons. The Labute approximate surface area is 127 Å². The second-order valence-corrected chi connectivity index (χ2v) is 7.41. The maximum atomic E-state index is 11.9. The number of hydrogen-bond donors (Lipinski definition) is 2. The van der Waals surface area contributed by atoms with Crippen LogP contribution in [0.25, 0.3) is 0 Å². The zero-order chi connectivity index (χ0) is 15.6. The largest absolute Gasteiger partial charge is 0.415 e. The number of urea groups is 1. The fraction of sp³-hybridized carbons (Fsp3) is 0.692. The predicted octanol–water partition coefficient (Wildman–Crippen LogP) is 1.84. The van der Waals surface area contributed by atoms with Crippen molar-refractivity contribution in [2.75, 3.05) is 0 Å². The molecule has 0 radical (unpaired) electrons. The lowest BCUT2D eigenvalue weighted by Gasteiger charge is -2.11. The highest BCUT2D eigenvalue weighted by Gasteiger charge is 2.27. The Morgan fingerprint density at radius 2 is 2.00 bits per heavy atom. The maximum absolute atomic E-state index is 11.9. The zero-order valence-electron chi connectivity index (χ0n) is 12.6. The lowest BCUT2D eigenvalue weighted by molar-refractivity contribution is -0.119. The molecule has 2 N–H and O–H groups in total. The van der Waals surface area contributed by atoms with Gasteiger partial charge in [-0.2, -0.15) is 0 Å². The van der Waals surface area contributed by atoms with Gasteiger partial charge in [0.25, 0.3) is 5.22 Å². The van der Waals surface area contributed by atoms with E-state index in [1.165, 1.54) is 0 Å². The van der Waals surface area contributed by atoms with Gasteiger partial charge in [0.15, 0.2) is 0 Å². The van der Waals surface area contributed by atoms with E-state index in [1.54, 1.807) is 6.92 Å². The van der Waals surface area contributed by atoms with Crippen LogP contribution in [0.4, 0.5) is 4.79 Å². The molecule has 2 rings (SSSR count). The van der Waals surface area contributed by atoms with Gasteiger partial charge in [0.2, 0.25) is 11.8 Å².